The molecule has 0 aliphatic rings. The third kappa shape index (κ3) is 4.59. The number of nitrogens with zero attached hydrogens (tertiary/aromatic N) is 1. The van der Waals surface area contributed by atoms with Crippen molar-refractivity contribution in [3.63, 3.8) is 0 Å². The monoisotopic (exact) mass is 224 g/mol. The molecule has 0 aliphatic carbocycles. The number of hydrogen-bond donors (Lipinski definition) is 1. The summed E-state index contributed by atoms with van der Waals surface area (Å²) in [6.45, 7) is 6.10. The van der Waals surface area contributed by atoms with E-state index >= 15 is 0 Å². The normalized spacial score (nSPS) is 10.8. The van der Waals surface area contributed by atoms with E-state index in [1.54, 1.807) is 13.3 Å². The van der Waals surface area contributed by atoms with Gasteiger partial charge in [0.15, 0.2) is 0 Å². The Labute approximate surface area is 97.0 Å². The smallest absolute Gasteiger partial charge is 0.217 e. The van der Waals surface area contributed by atoms with Crippen molar-refractivity contribution < 1.29 is 9.47 Å². The van der Waals surface area contributed by atoms with Crippen molar-refractivity contribution in [3.05, 3.63) is 23.9 Å². The lowest BCUT2D eigenvalue weighted by Gasteiger charge is -2.12. The van der Waals surface area contributed by atoms with Gasteiger partial charge in [-0.25, -0.2) is 4.98 Å². The van der Waals surface area contributed by atoms with Gasteiger partial charge < -0.3 is 14.8 Å². The summed E-state index contributed by atoms with van der Waals surface area (Å²) in [4.78, 5) is 4.21. The van der Waals surface area contributed by atoms with Crippen molar-refractivity contribution in [2.75, 3.05) is 20.3 Å². The maximum Gasteiger partial charge on any atom is 0.217 e. The van der Waals surface area contributed by atoms with E-state index in [-0.39, 0.29) is 0 Å². The molecule has 16 heavy (non-hydrogen) atoms. The first-order chi connectivity index (χ1) is 7.74. The van der Waals surface area contributed by atoms with Gasteiger partial charge in [0.2, 0.25) is 5.88 Å². The SMILES string of the molecule is COCCOc1ncccc1CNC(C)C. The van der Waals surface area contributed by atoms with Crippen LogP contribution in [0.25, 0.3) is 0 Å². The lowest BCUT2D eigenvalue weighted by Crippen LogP contribution is -2.22. The fourth-order valence-corrected chi connectivity index (χ4v) is 1.22. The van der Waals surface area contributed by atoms with Crippen LogP contribution in [0.15, 0.2) is 18.3 Å². The highest BCUT2D eigenvalue weighted by molar-refractivity contribution is 5.25. The molecule has 1 aromatic rings. The Morgan fingerprint density at radius 3 is 2.88 bits per heavy atom. The average molecular weight is 224 g/mol. The van der Waals surface area contributed by atoms with Crippen molar-refractivity contribution in [1.82, 2.24) is 10.3 Å². The Kier molecular flexibility index (Phi) is 5.82. The first-order valence-corrected chi connectivity index (χ1v) is 5.53. The Hall–Kier alpha value is -1.13. The summed E-state index contributed by atoms with van der Waals surface area (Å²) in [5.74, 6) is 0.688. The fourth-order valence-electron chi connectivity index (χ4n) is 1.22. The molecule has 1 aromatic heterocycles. The third-order valence-electron chi connectivity index (χ3n) is 2.08. The average Bonchev–Trinajstić information content (AvgIpc) is 2.28. The number of rotatable bonds is 7. The molecule has 90 valence electrons. The van der Waals surface area contributed by atoms with Crippen LogP contribution >= 0.6 is 0 Å². The quantitative estimate of drug-likeness (QED) is 0.714. The first kappa shape index (κ1) is 12.9. The zero-order valence-corrected chi connectivity index (χ0v) is 10.2. The molecule has 0 saturated carbocycles. The van der Waals surface area contributed by atoms with Crippen LogP contribution in [0.5, 0.6) is 5.88 Å². The maximum absolute atomic E-state index is 5.53. The van der Waals surface area contributed by atoms with Gasteiger partial charge in [-0.1, -0.05) is 19.9 Å². The highest BCUT2D eigenvalue weighted by Gasteiger charge is 2.04. The molecular formula is C12H20N2O2. The number of ether oxygens (including phenoxy) is 2. The van der Waals surface area contributed by atoms with Crippen LogP contribution in [-0.4, -0.2) is 31.3 Å². The van der Waals surface area contributed by atoms with Crippen LogP contribution in [0.3, 0.4) is 0 Å². The van der Waals surface area contributed by atoms with Crippen LogP contribution in [0.1, 0.15) is 19.4 Å². The second-order valence-electron chi connectivity index (χ2n) is 3.84. The third-order valence-corrected chi connectivity index (χ3v) is 2.08. The second kappa shape index (κ2) is 7.19. The van der Waals surface area contributed by atoms with Gasteiger partial charge in [0.25, 0.3) is 0 Å². The molecule has 1 rings (SSSR count). The van der Waals surface area contributed by atoms with Gasteiger partial charge in [0.1, 0.15) is 6.61 Å². The van der Waals surface area contributed by atoms with E-state index < -0.39 is 0 Å². The summed E-state index contributed by atoms with van der Waals surface area (Å²) >= 11 is 0. The number of methoxy groups -OCH3 is 1. The molecule has 0 aliphatic heterocycles. The molecule has 0 amide bonds. The lowest BCUT2D eigenvalue weighted by atomic mass is 10.2. The zero-order chi connectivity index (χ0) is 11.8. The Bertz CT molecular complexity index is 303. The lowest BCUT2D eigenvalue weighted by molar-refractivity contribution is 0.143. The number of pyridine rings is 1. The van der Waals surface area contributed by atoms with E-state index in [4.69, 9.17) is 9.47 Å². The topological polar surface area (TPSA) is 43.4 Å². The summed E-state index contributed by atoms with van der Waals surface area (Å²) in [7, 11) is 1.66. The number of aromatic nitrogens is 1. The van der Waals surface area contributed by atoms with Crippen molar-refractivity contribution in [1.29, 1.82) is 0 Å². The van der Waals surface area contributed by atoms with E-state index in [1.165, 1.54) is 0 Å². The predicted octanol–water partition coefficient (Wildman–Crippen LogP) is 1.60. The highest BCUT2D eigenvalue weighted by Crippen LogP contribution is 2.13. The number of hydrogen-bond acceptors (Lipinski definition) is 4. The van der Waals surface area contributed by atoms with Crippen LogP contribution in [0, 0.1) is 0 Å². The molecule has 4 heteroatoms. The summed E-state index contributed by atoms with van der Waals surface area (Å²) < 4.78 is 10.5. The molecular weight excluding hydrogens is 204 g/mol. The van der Waals surface area contributed by atoms with Gasteiger partial charge >= 0.3 is 0 Å². The molecule has 0 spiro atoms. The van der Waals surface area contributed by atoms with Gasteiger partial charge in [-0.3, -0.25) is 0 Å². The van der Waals surface area contributed by atoms with Crippen LogP contribution in [0.4, 0.5) is 0 Å². The van der Waals surface area contributed by atoms with Gasteiger partial charge in [-0.2, -0.15) is 0 Å². The summed E-state index contributed by atoms with van der Waals surface area (Å²) in [6, 6.07) is 4.39. The predicted molar refractivity (Wildman–Crippen MR) is 63.6 cm³/mol. The van der Waals surface area contributed by atoms with Gasteiger partial charge in [-0.05, 0) is 6.07 Å². The minimum Gasteiger partial charge on any atom is -0.475 e. The van der Waals surface area contributed by atoms with Crippen LogP contribution in [-0.2, 0) is 11.3 Å². The Morgan fingerprint density at radius 1 is 1.38 bits per heavy atom. The van der Waals surface area contributed by atoms with Crippen LogP contribution < -0.4 is 10.1 Å². The molecule has 0 unspecified atom stereocenters. The van der Waals surface area contributed by atoms with Gasteiger partial charge in [0, 0.05) is 31.5 Å². The summed E-state index contributed by atoms with van der Waals surface area (Å²) in [5.41, 5.74) is 1.08. The van der Waals surface area contributed by atoms with Gasteiger partial charge in [-0.15, -0.1) is 0 Å². The molecule has 4 nitrogen and oxygen atoms in total. The Morgan fingerprint density at radius 2 is 2.19 bits per heavy atom. The molecule has 0 fully saturated rings. The summed E-state index contributed by atoms with van der Waals surface area (Å²) in [5, 5.41) is 3.34. The molecule has 1 N–H and O–H groups in total. The van der Waals surface area contributed by atoms with E-state index in [2.05, 4.69) is 24.1 Å². The molecule has 0 aromatic carbocycles. The van der Waals surface area contributed by atoms with E-state index in [0.717, 1.165) is 12.1 Å². The first-order valence-electron chi connectivity index (χ1n) is 5.53. The van der Waals surface area contributed by atoms with Gasteiger partial charge in [0.05, 0.1) is 6.61 Å². The van der Waals surface area contributed by atoms with Crippen molar-refractivity contribution in [2.24, 2.45) is 0 Å². The fraction of sp³-hybridized carbons (Fsp3) is 0.583. The van der Waals surface area contributed by atoms with Crippen molar-refractivity contribution in [3.8, 4) is 5.88 Å². The molecule has 0 atom stereocenters. The Balaban J connectivity index is 2.53. The molecule has 1 heterocycles. The number of nitrogens with one attached hydrogen (secondary N) is 1. The molecule has 0 bridgehead atoms. The molecule has 0 saturated heterocycles. The molecule has 0 radical (unpaired) electrons. The largest absolute Gasteiger partial charge is 0.475 e. The zero-order valence-electron chi connectivity index (χ0n) is 10.2. The second-order valence-corrected chi connectivity index (χ2v) is 3.84. The van der Waals surface area contributed by atoms with E-state index in [9.17, 15) is 0 Å². The highest BCUT2D eigenvalue weighted by atomic mass is 16.5. The minimum absolute atomic E-state index is 0.451. The van der Waals surface area contributed by atoms with Crippen LogP contribution in [0.2, 0.25) is 0 Å². The minimum atomic E-state index is 0.451. The standard InChI is InChI=1S/C12H20N2O2/c1-10(2)14-9-11-5-4-6-13-12(11)16-8-7-15-3/h4-6,10,14H,7-9H2,1-3H3. The maximum atomic E-state index is 5.53. The van der Waals surface area contributed by atoms with E-state index in [0.29, 0.717) is 25.1 Å². The van der Waals surface area contributed by atoms with E-state index in [1.807, 2.05) is 12.1 Å². The summed E-state index contributed by atoms with van der Waals surface area (Å²) in [6.07, 6.45) is 1.74. The van der Waals surface area contributed by atoms with Crippen molar-refractivity contribution in [2.45, 2.75) is 26.4 Å². The van der Waals surface area contributed by atoms with Crippen molar-refractivity contribution >= 4 is 0 Å².